The number of halogens is 1. The summed E-state index contributed by atoms with van der Waals surface area (Å²) < 4.78 is 13.0. The topological polar surface area (TPSA) is 46.3 Å². The highest BCUT2D eigenvalue weighted by molar-refractivity contribution is 5.81. The van der Waals surface area contributed by atoms with Crippen LogP contribution in [0.3, 0.4) is 0 Å². The van der Waals surface area contributed by atoms with Gasteiger partial charge in [-0.3, -0.25) is 4.79 Å². The fourth-order valence-corrected chi connectivity index (χ4v) is 1.74. The lowest BCUT2D eigenvalue weighted by atomic mass is 9.99. The summed E-state index contributed by atoms with van der Waals surface area (Å²) in [6, 6.07) is 5.75. The Hall–Kier alpha value is -1.42. The van der Waals surface area contributed by atoms with Gasteiger partial charge in [0, 0.05) is 13.6 Å². The van der Waals surface area contributed by atoms with Crippen LogP contribution >= 0.6 is 0 Å². The van der Waals surface area contributed by atoms with Crippen LogP contribution in [0, 0.1) is 11.7 Å². The molecule has 18 heavy (non-hydrogen) atoms. The Labute approximate surface area is 108 Å². The molecule has 0 aliphatic rings. The lowest BCUT2D eigenvalue weighted by molar-refractivity contribution is -0.132. The number of hydrogen-bond donors (Lipinski definition) is 1. The summed E-state index contributed by atoms with van der Waals surface area (Å²) in [5, 5.41) is 0. The number of hydrogen-bond acceptors (Lipinski definition) is 2. The van der Waals surface area contributed by atoms with Crippen molar-refractivity contribution in [3.8, 4) is 0 Å². The minimum atomic E-state index is -0.492. The molecule has 0 bridgehead atoms. The average molecular weight is 252 g/mol. The average Bonchev–Trinajstić information content (AvgIpc) is 2.36. The number of nitrogens with two attached hydrogens (primary N) is 1. The second kappa shape index (κ2) is 6.50. The van der Waals surface area contributed by atoms with E-state index in [4.69, 9.17) is 5.73 Å². The van der Waals surface area contributed by atoms with Gasteiger partial charge in [0.2, 0.25) is 5.91 Å². The maximum atomic E-state index is 13.0. The van der Waals surface area contributed by atoms with Gasteiger partial charge in [0.05, 0.1) is 6.04 Å². The highest BCUT2D eigenvalue weighted by Crippen LogP contribution is 2.11. The highest BCUT2D eigenvalue weighted by Gasteiger charge is 2.22. The normalized spacial score (nSPS) is 14.1. The minimum absolute atomic E-state index is 0.103. The summed E-state index contributed by atoms with van der Waals surface area (Å²) in [4.78, 5) is 13.6. The molecule has 0 aliphatic heterocycles. The van der Waals surface area contributed by atoms with Crippen LogP contribution in [0.5, 0.6) is 0 Å². The third-order valence-electron chi connectivity index (χ3n) is 3.23. The molecule has 1 rings (SSSR count). The number of likely N-dealkylation sites (N-methyl/N-ethyl adjacent to an activating group) is 1. The molecule has 0 saturated heterocycles. The molecule has 1 amide bonds. The largest absolute Gasteiger partial charge is 0.340 e. The van der Waals surface area contributed by atoms with Crippen LogP contribution < -0.4 is 5.73 Å². The third-order valence-corrected chi connectivity index (χ3v) is 3.23. The lowest BCUT2D eigenvalue weighted by Gasteiger charge is -2.24. The second-order valence-corrected chi connectivity index (χ2v) is 4.74. The van der Waals surface area contributed by atoms with Crippen molar-refractivity contribution in [2.24, 2.45) is 11.7 Å². The molecule has 0 radical (unpaired) electrons. The van der Waals surface area contributed by atoms with Crippen molar-refractivity contribution in [2.75, 3.05) is 7.05 Å². The van der Waals surface area contributed by atoms with Gasteiger partial charge in [0.1, 0.15) is 5.82 Å². The molecule has 2 N–H and O–H groups in total. The van der Waals surface area contributed by atoms with E-state index >= 15 is 0 Å². The van der Waals surface area contributed by atoms with Gasteiger partial charge in [0.25, 0.3) is 0 Å². The first kappa shape index (κ1) is 14.6. The molecule has 0 heterocycles. The number of amides is 1. The fourth-order valence-electron chi connectivity index (χ4n) is 1.74. The molecule has 0 aromatic heterocycles. The zero-order chi connectivity index (χ0) is 13.7. The van der Waals surface area contributed by atoms with E-state index in [1.165, 1.54) is 12.1 Å². The van der Waals surface area contributed by atoms with Gasteiger partial charge in [-0.2, -0.15) is 0 Å². The maximum absolute atomic E-state index is 13.0. The second-order valence-electron chi connectivity index (χ2n) is 4.74. The summed E-state index contributed by atoms with van der Waals surface area (Å²) in [5.41, 5.74) is 6.66. The van der Waals surface area contributed by atoms with Gasteiger partial charge in [-0.1, -0.05) is 32.4 Å². The molecule has 100 valence electrons. The smallest absolute Gasteiger partial charge is 0.239 e. The van der Waals surface area contributed by atoms with Crippen LogP contribution in [0.25, 0.3) is 0 Å². The Morgan fingerprint density at radius 1 is 1.50 bits per heavy atom. The van der Waals surface area contributed by atoms with E-state index in [1.807, 2.05) is 13.8 Å². The molecule has 1 aromatic rings. The number of rotatable bonds is 5. The number of nitrogens with zero attached hydrogens (tertiary/aromatic N) is 1. The standard InChI is InChI=1S/C14H21FN2O/c1-4-10(2)13(16)14(18)17(3)9-11-6-5-7-12(15)8-11/h5-8,10,13H,4,9,16H2,1-3H3/t10?,13-/m0/s1. The van der Waals surface area contributed by atoms with Crippen molar-refractivity contribution >= 4 is 5.91 Å². The Morgan fingerprint density at radius 2 is 2.17 bits per heavy atom. The summed E-state index contributed by atoms with van der Waals surface area (Å²) >= 11 is 0. The Morgan fingerprint density at radius 3 is 2.72 bits per heavy atom. The number of carbonyl (C=O) groups excluding carboxylic acids is 1. The van der Waals surface area contributed by atoms with Crippen LogP contribution in [-0.4, -0.2) is 23.9 Å². The van der Waals surface area contributed by atoms with Crippen molar-refractivity contribution in [3.05, 3.63) is 35.6 Å². The van der Waals surface area contributed by atoms with E-state index in [9.17, 15) is 9.18 Å². The molecule has 2 atom stereocenters. The van der Waals surface area contributed by atoms with Crippen molar-refractivity contribution in [1.82, 2.24) is 4.90 Å². The lowest BCUT2D eigenvalue weighted by Crippen LogP contribution is -2.45. The Bertz CT molecular complexity index is 409. The number of carbonyl (C=O) groups is 1. The maximum Gasteiger partial charge on any atom is 0.239 e. The molecule has 0 spiro atoms. The van der Waals surface area contributed by atoms with E-state index in [-0.39, 0.29) is 17.6 Å². The van der Waals surface area contributed by atoms with Gasteiger partial charge in [-0.25, -0.2) is 4.39 Å². The first-order valence-electron chi connectivity index (χ1n) is 6.20. The highest BCUT2D eigenvalue weighted by atomic mass is 19.1. The van der Waals surface area contributed by atoms with Gasteiger partial charge in [-0.15, -0.1) is 0 Å². The third kappa shape index (κ3) is 3.81. The van der Waals surface area contributed by atoms with Crippen molar-refractivity contribution in [2.45, 2.75) is 32.9 Å². The van der Waals surface area contributed by atoms with Crippen molar-refractivity contribution in [3.63, 3.8) is 0 Å². The first-order chi connectivity index (χ1) is 8.45. The SMILES string of the molecule is CCC(C)[C@H](N)C(=O)N(C)Cc1cccc(F)c1. The zero-order valence-corrected chi connectivity index (χ0v) is 11.2. The summed E-state index contributed by atoms with van der Waals surface area (Å²) in [6.45, 7) is 4.34. The molecule has 4 heteroatoms. The van der Waals surface area contributed by atoms with Crippen LogP contribution in [-0.2, 0) is 11.3 Å². The molecule has 1 unspecified atom stereocenters. The molecule has 1 aromatic carbocycles. The predicted octanol–water partition coefficient (Wildman–Crippen LogP) is 2.16. The Balaban J connectivity index is 2.65. The van der Waals surface area contributed by atoms with Crippen LogP contribution in [0.4, 0.5) is 4.39 Å². The molecule has 0 aliphatic carbocycles. The van der Waals surface area contributed by atoms with Crippen LogP contribution in [0.1, 0.15) is 25.8 Å². The zero-order valence-electron chi connectivity index (χ0n) is 11.2. The van der Waals surface area contributed by atoms with E-state index in [0.29, 0.717) is 6.54 Å². The molecule has 3 nitrogen and oxygen atoms in total. The van der Waals surface area contributed by atoms with Crippen molar-refractivity contribution < 1.29 is 9.18 Å². The quantitative estimate of drug-likeness (QED) is 0.873. The molecule has 0 fully saturated rings. The van der Waals surface area contributed by atoms with E-state index < -0.39 is 6.04 Å². The molecular formula is C14H21FN2O. The van der Waals surface area contributed by atoms with E-state index in [0.717, 1.165) is 12.0 Å². The number of benzene rings is 1. The molecular weight excluding hydrogens is 231 g/mol. The van der Waals surface area contributed by atoms with Crippen molar-refractivity contribution in [1.29, 1.82) is 0 Å². The fraction of sp³-hybridized carbons (Fsp3) is 0.500. The summed E-state index contributed by atoms with van der Waals surface area (Å²) in [6.07, 6.45) is 0.862. The van der Waals surface area contributed by atoms with E-state index in [1.54, 1.807) is 24.1 Å². The first-order valence-corrected chi connectivity index (χ1v) is 6.20. The predicted molar refractivity (Wildman–Crippen MR) is 70.3 cm³/mol. The molecule has 0 saturated carbocycles. The monoisotopic (exact) mass is 252 g/mol. The van der Waals surface area contributed by atoms with Gasteiger partial charge in [-0.05, 0) is 23.6 Å². The summed E-state index contributed by atoms with van der Waals surface area (Å²) in [5.74, 6) is -0.249. The summed E-state index contributed by atoms with van der Waals surface area (Å²) in [7, 11) is 1.69. The van der Waals surface area contributed by atoms with Gasteiger partial charge < -0.3 is 10.6 Å². The van der Waals surface area contributed by atoms with Crippen LogP contribution in [0.2, 0.25) is 0 Å². The van der Waals surface area contributed by atoms with Gasteiger partial charge in [0.15, 0.2) is 0 Å². The minimum Gasteiger partial charge on any atom is -0.340 e. The van der Waals surface area contributed by atoms with E-state index in [2.05, 4.69) is 0 Å². The van der Waals surface area contributed by atoms with Gasteiger partial charge >= 0.3 is 0 Å². The Kier molecular flexibility index (Phi) is 5.28. The van der Waals surface area contributed by atoms with Crippen LogP contribution in [0.15, 0.2) is 24.3 Å².